The number of ether oxygens (including phenoxy) is 1. The van der Waals surface area contributed by atoms with E-state index in [1.807, 2.05) is 48.9 Å². The van der Waals surface area contributed by atoms with E-state index >= 15 is 0 Å². The van der Waals surface area contributed by atoms with Crippen LogP contribution in [-0.4, -0.2) is 28.5 Å². The summed E-state index contributed by atoms with van der Waals surface area (Å²) in [5.74, 6) is 0.210. The van der Waals surface area contributed by atoms with Gasteiger partial charge in [-0.2, -0.15) is 10.2 Å². The lowest BCUT2D eigenvalue weighted by molar-refractivity contribution is -0.123. The summed E-state index contributed by atoms with van der Waals surface area (Å²) in [6, 6.07) is 16.6. The van der Waals surface area contributed by atoms with Crippen LogP contribution in [0.3, 0.4) is 0 Å². The van der Waals surface area contributed by atoms with E-state index in [1.165, 1.54) is 0 Å². The minimum Gasteiger partial charge on any atom is -0.484 e. The van der Waals surface area contributed by atoms with E-state index in [4.69, 9.17) is 16.3 Å². The predicted octanol–water partition coefficient (Wildman–Crippen LogP) is 3.67. The summed E-state index contributed by atoms with van der Waals surface area (Å²) < 4.78 is 7.22. The lowest BCUT2D eigenvalue weighted by atomic mass is 10.2. The fraction of sp³-hybridized carbons (Fsp3) is 0.150. The van der Waals surface area contributed by atoms with Gasteiger partial charge >= 0.3 is 0 Å². The Morgan fingerprint density at radius 3 is 2.59 bits per heavy atom. The first-order valence-electron chi connectivity index (χ1n) is 8.36. The average Bonchev–Trinajstić information content (AvgIpc) is 2.96. The van der Waals surface area contributed by atoms with E-state index in [0.717, 1.165) is 22.6 Å². The fourth-order valence-corrected chi connectivity index (χ4v) is 2.67. The maximum atomic E-state index is 11.9. The van der Waals surface area contributed by atoms with Crippen molar-refractivity contribution in [1.82, 2.24) is 15.2 Å². The molecule has 1 N–H and O–H groups in total. The molecule has 0 atom stereocenters. The highest BCUT2D eigenvalue weighted by molar-refractivity contribution is 6.30. The number of para-hydroxylation sites is 1. The van der Waals surface area contributed by atoms with Crippen molar-refractivity contribution in [1.29, 1.82) is 0 Å². The summed E-state index contributed by atoms with van der Waals surface area (Å²) in [6.07, 6.45) is 1.59. The van der Waals surface area contributed by atoms with Crippen LogP contribution < -0.4 is 10.2 Å². The molecule has 1 amide bonds. The van der Waals surface area contributed by atoms with Gasteiger partial charge in [-0.05, 0) is 50.2 Å². The number of carbonyl (C=O) groups is 1. The number of nitrogens with zero attached hydrogens (tertiary/aromatic N) is 3. The first kappa shape index (κ1) is 18.7. The molecule has 0 spiro atoms. The van der Waals surface area contributed by atoms with E-state index in [2.05, 4.69) is 15.6 Å². The number of aromatic nitrogens is 2. The van der Waals surface area contributed by atoms with Crippen LogP contribution in [0.4, 0.5) is 0 Å². The van der Waals surface area contributed by atoms with Crippen molar-refractivity contribution in [2.24, 2.45) is 5.10 Å². The maximum absolute atomic E-state index is 11.9. The molecule has 27 heavy (non-hydrogen) atoms. The largest absolute Gasteiger partial charge is 0.484 e. The van der Waals surface area contributed by atoms with E-state index in [-0.39, 0.29) is 12.5 Å². The monoisotopic (exact) mass is 382 g/mol. The van der Waals surface area contributed by atoms with Gasteiger partial charge in [0.1, 0.15) is 5.75 Å². The molecule has 2 aromatic carbocycles. The third kappa shape index (κ3) is 4.74. The Hall–Kier alpha value is -3.12. The van der Waals surface area contributed by atoms with Crippen molar-refractivity contribution in [3.8, 4) is 11.4 Å². The lowest BCUT2D eigenvalue weighted by Gasteiger charge is -2.05. The van der Waals surface area contributed by atoms with Crippen molar-refractivity contribution in [2.75, 3.05) is 6.61 Å². The Bertz CT molecular complexity index is 950. The minimum atomic E-state index is -0.355. The highest BCUT2D eigenvalue weighted by atomic mass is 35.5. The van der Waals surface area contributed by atoms with Crippen LogP contribution in [0.1, 0.15) is 17.0 Å². The second-order valence-electron chi connectivity index (χ2n) is 5.87. The predicted molar refractivity (Wildman–Crippen MR) is 106 cm³/mol. The van der Waals surface area contributed by atoms with Gasteiger partial charge in [-0.1, -0.05) is 29.8 Å². The van der Waals surface area contributed by atoms with Gasteiger partial charge in [0, 0.05) is 10.6 Å². The molecular weight excluding hydrogens is 364 g/mol. The Morgan fingerprint density at radius 2 is 1.89 bits per heavy atom. The zero-order valence-corrected chi connectivity index (χ0v) is 15.8. The summed E-state index contributed by atoms with van der Waals surface area (Å²) in [5.41, 5.74) is 6.05. The Kier molecular flexibility index (Phi) is 5.88. The van der Waals surface area contributed by atoms with Crippen LogP contribution >= 0.6 is 11.6 Å². The summed E-state index contributed by atoms with van der Waals surface area (Å²) >= 11 is 5.81. The summed E-state index contributed by atoms with van der Waals surface area (Å²) in [6.45, 7) is 3.72. The zero-order valence-electron chi connectivity index (χ0n) is 15.0. The molecule has 0 bridgehead atoms. The van der Waals surface area contributed by atoms with Crippen LogP contribution in [-0.2, 0) is 4.79 Å². The second-order valence-corrected chi connectivity index (χ2v) is 6.30. The van der Waals surface area contributed by atoms with Crippen LogP contribution in [0, 0.1) is 13.8 Å². The third-order valence-corrected chi connectivity index (χ3v) is 4.17. The van der Waals surface area contributed by atoms with E-state index in [1.54, 1.807) is 30.5 Å². The summed E-state index contributed by atoms with van der Waals surface area (Å²) in [7, 11) is 0. The number of hydrogen-bond acceptors (Lipinski definition) is 4. The van der Waals surface area contributed by atoms with Gasteiger partial charge in [-0.3, -0.25) is 4.79 Å². The smallest absolute Gasteiger partial charge is 0.277 e. The van der Waals surface area contributed by atoms with Crippen LogP contribution in [0.25, 0.3) is 5.69 Å². The van der Waals surface area contributed by atoms with Crippen LogP contribution in [0.15, 0.2) is 59.7 Å². The van der Waals surface area contributed by atoms with Gasteiger partial charge in [0.15, 0.2) is 6.61 Å². The molecule has 3 aromatic rings. The second kappa shape index (κ2) is 8.51. The molecule has 138 valence electrons. The number of hydrogen-bond donors (Lipinski definition) is 1. The molecule has 0 unspecified atom stereocenters. The molecule has 0 aliphatic rings. The van der Waals surface area contributed by atoms with Crippen molar-refractivity contribution in [3.05, 3.63) is 76.6 Å². The normalized spacial score (nSPS) is 10.9. The molecule has 0 radical (unpaired) electrons. The van der Waals surface area contributed by atoms with Gasteiger partial charge in [0.25, 0.3) is 5.91 Å². The van der Waals surface area contributed by atoms with Gasteiger partial charge in [-0.25, -0.2) is 10.1 Å². The standard InChI is InChI=1S/C20H19ClN4O2/c1-14-19(15(2)25(24-14)17-6-4-3-5-7-17)12-22-23-20(26)13-27-18-10-8-16(21)9-11-18/h3-12H,13H2,1-2H3,(H,23,26)/b22-12+. The van der Waals surface area contributed by atoms with E-state index in [9.17, 15) is 4.79 Å². The van der Waals surface area contributed by atoms with Gasteiger partial charge in [0.05, 0.1) is 23.3 Å². The van der Waals surface area contributed by atoms with Gasteiger partial charge in [0.2, 0.25) is 0 Å². The number of benzene rings is 2. The Morgan fingerprint density at radius 1 is 1.19 bits per heavy atom. The zero-order chi connectivity index (χ0) is 19.2. The molecule has 0 fully saturated rings. The Labute approximate surface area is 162 Å². The first-order valence-corrected chi connectivity index (χ1v) is 8.74. The molecule has 3 rings (SSSR count). The number of nitrogens with one attached hydrogen (secondary N) is 1. The number of amides is 1. The number of aryl methyl sites for hydroxylation is 1. The van der Waals surface area contributed by atoms with Crippen molar-refractivity contribution < 1.29 is 9.53 Å². The molecule has 0 saturated carbocycles. The maximum Gasteiger partial charge on any atom is 0.277 e. The number of halogens is 1. The van der Waals surface area contributed by atoms with Crippen LogP contribution in [0.5, 0.6) is 5.75 Å². The van der Waals surface area contributed by atoms with E-state index < -0.39 is 0 Å². The number of rotatable bonds is 6. The van der Waals surface area contributed by atoms with Gasteiger partial charge in [-0.15, -0.1) is 0 Å². The third-order valence-electron chi connectivity index (χ3n) is 3.91. The van der Waals surface area contributed by atoms with Gasteiger partial charge < -0.3 is 4.74 Å². The number of hydrazone groups is 1. The molecule has 1 aromatic heterocycles. The quantitative estimate of drug-likeness (QED) is 0.522. The van der Waals surface area contributed by atoms with Crippen molar-refractivity contribution >= 4 is 23.7 Å². The molecular formula is C20H19ClN4O2. The van der Waals surface area contributed by atoms with Crippen molar-refractivity contribution in [3.63, 3.8) is 0 Å². The molecule has 0 aliphatic heterocycles. The highest BCUT2D eigenvalue weighted by Gasteiger charge is 2.11. The first-order chi connectivity index (χ1) is 13.0. The molecule has 0 saturated heterocycles. The molecule has 6 nitrogen and oxygen atoms in total. The number of carbonyl (C=O) groups excluding carboxylic acids is 1. The summed E-state index contributed by atoms with van der Waals surface area (Å²) in [5, 5.41) is 9.17. The Balaban J connectivity index is 1.60. The fourth-order valence-electron chi connectivity index (χ4n) is 2.54. The molecule has 1 heterocycles. The minimum absolute atomic E-state index is 0.139. The molecule has 0 aliphatic carbocycles. The summed E-state index contributed by atoms with van der Waals surface area (Å²) in [4.78, 5) is 11.9. The van der Waals surface area contributed by atoms with Crippen molar-refractivity contribution in [2.45, 2.75) is 13.8 Å². The highest BCUT2D eigenvalue weighted by Crippen LogP contribution is 2.16. The lowest BCUT2D eigenvalue weighted by Crippen LogP contribution is -2.24. The SMILES string of the molecule is Cc1nn(-c2ccccc2)c(C)c1/C=N/NC(=O)COc1ccc(Cl)cc1. The molecule has 7 heteroatoms. The van der Waals surface area contributed by atoms with Crippen LogP contribution in [0.2, 0.25) is 5.02 Å². The average molecular weight is 383 g/mol. The topological polar surface area (TPSA) is 68.5 Å². The van der Waals surface area contributed by atoms with E-state index in [0.29, 0.717) is 10.8 Å².